The highest BCUT2D eigenvalue weighted by atomic mass is 35.5. The standard InChI is InChI=1S/C14H20ClNS/c1-2-16-13(8-11-6-7-11)10-17-14-5-3-4-12(15)9-14/h3-5,9,11,13,16H,2,6-8,10H2,1H3. The summed E-state index contributed by atoms with van der Waals surface area (Å²) < 4.78 is 0. The molecule has 1 aromatic rings. The Balaban J connectivity index is 1.80. The first-order chi connectivity index (χ1) is 8.28. The molecule has 1 fully saturated rings. The maximum atomic E-state index is 5.99. The van der Waals surface area contributed by atoms with Crippen LogP contribution in [0, 0.1) is 5.92 Å². The molecule has 17 heavy (non-hydrogen) atoms. The van der Waals surface area contributed by atoms with Gasteiger partial charge in [0.15, 0.2) is 0 Å². The summed E-state index contributed by atoms with van der Waals surface area (Å²) in [7, 11) is 0. The highest BCUT2D eigenvalue weighted by Gasteiger charge is 2.24. The largest absolute Gasteiger partial charge is 0.313 e. The van der Waals surface area contributed by atoms with E-state index in [4.69, 9.17) is 11.6 Å². The predicted octanol–water partition coefficient (Wildman–Crippen LogP) is 4.21. The Morgan fingerprint density at radius 1 is 1.47 bits per heavy atom. The number of hydrogen-bond acceptors (Lipinski definition) is 2. The van der Waals surface area contributed by atoms with Gasteiger partial charge in [-0.2, -0.15) is 0 Å². The molecule has 1 saturated carbocycles. The SMILES string of the molecule is CCNC(CSc1cccc(Cl)c1)CC1CC1. The van der Waals surface area contributed by atoms with Crippen LogP contribution in [0.25, 0.3) is 0 Å². The minimum atomic E-state index is 0.650. The number of thioether (sulfide) groups is 1. The lowest BCUT2D eigenvalue weighted by atomic mass is 10.1. The third-order valence-electron chi connectivity index (χ3n) is 3.05. The van der Waals surface area contributed by atoms with E-state index < -0.39 is 0 Å². The molecule has 1 atom stereocenters. The van der Waals surface area contributed by atoms with Crippen LogP contribution in [0.4, 0.5) is 0 Å². The monoisotopic (exact) mass is 269 g/mol. The maximum Gasteiger partial charge on any atom is 0.0417 e. The molecule has 3 heteroatoms. The quantitative estimate of drug-likeness (QED) is 0.744. The zero-order valence-electron chi connectivity index (χ0n) is 10.3. The van der Waals surface area contributed by atoms with Crippen LogP contribution in [0.2, 0.25) is 5.02 Å². The minimum Gasteiger partial charge on any atom is -0.313 e. The smallest absolute Gasteiger partial charge is 0.0417 e. The van der Waals surface area contributed by atoms with Crippen molar-refractivity contribution < 1.29 is 0 Å². The molecule has 1 aromatic carbocycles. The second kappa shape index (κ2) is 6.67. The molecule has 1 unspecified atom stereocenters. The molecule has 1 aliphatic rings. The van der Waals surface area contributed by atoms with Gasteiger partial charge in [0, 0.05) is 21.7 Å². The van der Waals surface area contributed by atoms with Gasteiger partial charge in [-0.25, -0.2) is 0 Å². The van der Waals surface area contributed by atoms with Gasteiger partial charge in [-0.1, -0.05) is 37.4 Å². The lowest BCUT2D eigenvalue weighted by Crippen LogP contribution is -2.31. The normalized spacial score (nSPS) is 17.1. The summed E-state index contributed by atoms with van der Waals surface area (Å²) in [6, 6.07) is 8.78. The average molecular weight is 270 g/mol. The van der Waals surface area contributed by atoms with Crippen molar-refractivity contribution >= 4 is 23.4 Å². The molecule has 0 saturated heterocycles. The van der Waals surface area contributed by atoms with Crippen molar-refractivity contribution in [2.45, 2.75) is 37.1 Å². The molecule has 0 aromatic heterocycles. The Bertz CT molecular complexity index is 352. The van der Waals surface area contributed by atoms with Crippen LogP contribution < -0.4 is 5.32 Å². The van der Waals surface area contributed by atoms with Gasteiger partial charge < -0.3 is 5.32 Å². The zero-order valence-corrected chi connectivity index (χ0v) is 11.9. The first-order valence-corrected chi connectivity index (χ1v) is 7.76. The third kappa shape index (κ3) is 4.90. The van der Waals surface area contributed by atoms with Gasteiger partial charge in [0.1, 0.15) is 0 Å². The van der Waals surface area contributed by atoms with Gasteiger partial charge in [0.2, 0.25) is 0 Å². The fraction of sp³-hybridized carbons (Fsp3) is 0.571. The lowest BCUT2D eigenvalue weighted by Gasteiger charge is -2.17. The van der Waals surface area contributed by atoms with Gasteiger partial charge in [-0.15, -0.1) is 11.8 Å². The van der Waals surface area contributed by atoms with Crippen molar-refractivity contribution in [1.29, 1.82) is 0 Å². The molecule has 94 valence electrons. The van der Waals surface area contributed by atoms with Gasteiger partial charge >= 0.3 is 0 Å². The van der Waals surface area contributed by atoms with Gasteiger partial charge in [-0.3, -0.25) is 0 Å². The van der Waals surface area contributed by atoms with Crippen LogP contribution in [-0.4, -0.2) is 18.3 Å². The second-order valence-corrected chi connectivity index (χ2v) is 6.23. The lowest BCUT2D eigenvalue weighted by molar-refractivity contribution is 0.508. The van der Waals surface area contributed by atoms with E-state index in [2.05, 4.69) is 18.3 Å². The first-order valence-electron chi connectivity index (χ1n) is 6.39. The maximum absolute atomic E-state index is 5.99. The average Bonchev–Trinajstić information content (AvgIpc) is 3.10. The first kappa shape index (κ1) is 13.3. The van der Waals surface area contributed by atoms with E-state index in [1.807, 2.05) is 30.0 Å². The highest BCUT2D eigenvalue weighted by Crippen LogP contribution is 2.34. The van der Waals surface area contributed by atoms with Crippen molar-refractivity contribution in [2.24, 2.45) is 5.92 Å². The number of benzene rings is 1. The third-order valence-corrected chi connectivity index (χ3v) is 4.45. The molecule has 0 bridgehead atoms. The fourth-order valence-corrected chi connectivity index (χ4v) is 3.30. The predicted molar refractivity (Wildman–Crippen MR) is 77.0 cm³/mol. The van der Waals surface area contributed by atoms with E-state index in [9.17, 15) is 0 Å². The van der Waals surface area contributed by atoms with E-state index in [1.165, 1.54) is 24.2 Å². The Morgan fingerprint density at radius 3 is 2.94 bits per heavy atom. The number of rotatable bonds is 7. The van der Waals surface area contributed by atoms with Crippen LogP contribution in [0.3, 0.4) is 0 Å². The Labute approximate surface area is 113 Å². The number of hydrogen-bond donors (Lipinski definition) is 1. The topological polar surface area (TPSA) is 12.0 Å². The molecule has 1 N–H and O–H groups in total. The summed E-state index contributed by atoms with van der Waals surface area (Å²) >= 11 is 7.89. The molecule has 1 nitrogen and oxygen atoms in total. The number of nitrogens with one attached hydrogen (secondary N) is 1. The Kier molecular flexibility index (Phi) is 5.20. The molecule has 2 rings (SSSR count). The molecular weight excluding hydrogens is 250 g/mol. The summed E-state index contributed by atoms with van der Waals surface area (Å²) in [6.45, 7) is 3.25. The van der Waals surface area contributed by atoms with Crippen molar-refractivity contribution in [1.82, 2.24) is 5.32 Å². The second-order valence-electron chi connectivity index (χ2n) is 4.70. The Hall–Kier alpha value is -0.180. The van der Waals surface area contributed by atoms with E-state index in [0.29, 0.717) is 6.04 Å². The van der Waals surface area contributed by atoms with Gasteiger partial charge in [0.25, 0.3) is 0 Å². The van der Waals surface area contributed by atoms with Crippen LogP contribution >= 0.6 is 23.4 Å². The highest BCUT2D eigenvalue weighted by molar-refractivity contribution is 7.99. The van der Waals surface area contributed by atoms with Gasteiger partial charge in [-0.05, 0) is 37.1 Å². The van der Waals surface area contributed by atoms with Crippen LogP contribution in [0.5, 0.6) is 0 Å². The molecular formula is C14H20ClNS. The summed E-state index contributed by atoms with van der Waals surface area (Å²) in [5.41, 5.74) is 0. The summed E-state index contributed by atoms with van der Waals surface area (Å²) in [5.74, 6) is 2.13. The van der Waals surface area contributed by atoms with Crippen molar-refractivity contribution in [3.63, 3.8) is 0 Å². The van der Waals surface area contributed by atoms with Crippen LogP contribution in [-0.2, 0) is 0 Å². The van der Waals surface area contributed by atoms with E-state index in [1.54, 1.807) is 0 Å². The van der Waals surface area contributed by atoms with Gasteiger partial charge in [0.05, 0.1) is 0 Å². The van der Waals surface area contributed by atoms with Crippen LogP contribution in [0.15, 0.2) is 29.2 Å². The molecule has 0 radical (unpaired) electrons. The van der Waals surface area contributed by atoms with E-state index in [0.717, 1.165) is 23.2 Å². The molecule has 0 spiro atoms. The zero-order chi connectivity index (χ0) is 12.1. The number of halogens is 1. The Morgan fingerprint density at radius 2 is 2.29 bits per heavy atom. The molecule has 0 aliphatic heterocycles. The molecule has 1 aliphatic carbocycles. The van der Waals surface area contributed by atoms with Crippen LogP contribution in [0.1, 0.15) is 26.2 Å². The van der Waals surface area contributed by atoms with Crippen molar-refractivity contribution in [2.75, 3.05) is 12.3 Å². The fourth-order valence-electron chi connectivity index (χ4n) is 2.01. The van der Waals surface area contributed by atoms with E-state index in [-0.39, 0.29) is 0 Å². The molecule has 0 amide bonds. The summed E-state index contributed by atoms with van der Waals surface area (Å²) in [5, 5.41) is 4.42. The molecule has 0 heterocycles. The van der Waals surface area contributed by atoms with Crippen molar-refractivity contribution in [3.8, 4) is 0 Å². The summed E-state index contributed by atoms with van der Waals surface area (Å²) in [4.78, 5) is 1.27. The minimum absolute atomic E-state index is 0.650. The summed E-state index contributed by atoms with van der Waals surface area (Å²) in [6.07, 6.45) is 4.20. The van der Waals surface area contributed by atoms with Crippen molar-refractivity contribution in [3.05, 3.63) is 29.3 Å². The van der Waals surface area contributed by atoms with E-state index >= 15 is 0 Å².